The zero-order valence-corrected chi connectivity index (χ0v) is 11.4. The van der Waals surface area contributed by atoms with Crippen LogP contribution in [0.2, 0.25) is 0 Å². The standard InChI is InChI=1S/C12H9N5S2/c18-12-16-15-11(9-3-5-13-6-4-9)17(12)14-8-10-2-1-7-19-10/h1-8H,(H,16,18)/b14-8+. The van der Waals surface area contributed by atoms with Crippen LogP contribution in [-0.4, -0.2) is 26.1 Å². The van der Waals surface area contributed by atoms with Crippen LogP contribution >= 0.6 is 23.6 Å². The van der Waals surface area contributed by atoms with Gasteiger partial charge in [0.1, 0.15) is 0 Å². The monoisotopic (exact) mass is 287 g/mol. The number of aromatic amines is 1. The van der Waals surface area contributed by atoms with Gasteiger partial charge in [0.2, 0.25) is 4.77 Å². The van der Waals surface area contributed by atoms with Gasteiger partial charge in [-0.1, -0.05) is 6.07 Å². The van der Waals surface area contributed by atoms with Crippen LogP contribution < -0.4 is 0 Å². The van der Waals surface area contributed by atoms with E-state index >= 15 is 0 Å². The minimum absolute atomic E-state index is 0.458. The lowest BCUT2D eigenvalue weighted by Gasteiger charge is -1.99. The van der Waals surface area contributed by atoms with Crippen LogP contribution in [0.15, 0.2) is 47.1 Å². The van der Waals surface area contributed by atoms with Gasteiger partial charge in [-0.15, -0.1) is 11.3 Å². The van der Waals surface area contributed by atoms with Crippen LogP contribution in [0.25, 0.3) is 11.4 Å². The number of rotatable bonds is 3. The van der Waals surface area contributed by atoms with Crippen LogP contribution in [0, 0.1) is 4.77 Å². The van der Waals surface area contributed by atoms with Crippen molar-refractivity contribution in [2.75, 3.05) is 0 Å². The smallest absolute Gasteiger partial charge is 0.216 e. The molecule has 0 amide bonds. The lowest BCUT2D eigenvalue weighted by Crippen LogP contribution is -1.94. The number of hydrogen-bond donors (Lipinski definition) is 1. The molecule has 0 aliphatic heterocycles. The summed E-state index contributed by atoms with van der Waals surface area (Å²) < 4.78 is 2.06. The van der Waals surface area contributed by atoms with Crippen LogP contribution in [-0.2, 0) is 0 Å². The predicted molar refractivity (Wildman–Crippen MR) is 78.0 cm³/mol. The Bertz CT molecular complexity index is 740. The molecular formula is C12H9N5S2. The first kappa shape index (κ1) is 11.9. The molecule has 0 radical (unpaired) electrons. The van der Waals surface area contributed by atoms with E-state index in [1.165, 1.54) is 0 Å². The Labute approximate surface area is 118 Å². The highest BCUT2D eigenvalue weighted by atomic mass is 32.1. The van der Waals surface area contributed by atoms with Crippen LogP contribution in [0.1, 0.15) is 4.88 Å². The quantitative estimate of drug-likeness (QED) is 0.595. The Morgan fingerprint density at radius 3 is 2.89 bits per heavy atom. The fourth-order valence-corrected chi connectivity index (χ4v) is 2.32. The Hall–Kier alpha value is -2.12. The van der Waals surface area contributed by atoms with Crippen molar-refractivity contribution in [1.82, 2.24) is 19.9 Å². The second kappa shape index (κ2) is 5.25. The molecule has 3 aromatic heterocycles. The lowest BCUT2D eigenvalue weighted by atomic mass is 10.2. The van der Waals surface area contributed by atoms with Crippen LogP contribution in [0.4, 0.5) is 0 Å². The molecule has 3 heterocycles. The molecule has 19 heavy (non-hydrogen) atoms. The molecule has 0 aliphatic rings. The van der Waals surface area contributed by atoms with Gasteiger partial charge >= 0.3 is 0 Å². The second-order valence-corrected chi connectivity index (χ2v) is 5.03. The van der Waals surface area contributed by atoms with Gasteiger partial charge in [0, 0.05) is 22.8 Å². The number of aromatic nitrogens is 4. The van der Waals surface area contributed by atoms with Crippen molar-refractivity contribution in [2.45, 2.75) is 0 Å². The van der Waals surface area contributed by atoms with E-state index in [2.05, 4.69) is 20.3 Å². The summed E-state index contributed by atoms with van der Waals surface area (Å²) in [7, 11) is 0. The SMILES string of the molecule is S=c1[nH]nc(-c2ccncc2)n1/N=C/c1cccs1. The molecule has 0 aromatic carbocycles. The third-order valence-electron chi connectivity index (χ3n) is 2.43. The average molecular weight is 287 g/mol. The summed E-state index contributed by atoms with van der Waals surface area (Å²) >= 11 is 6.80. The first-order valence-electron chi connectivity index (χ1n) is 5.50. The van der Waals surface area contributed by atoms with Gasteiger partial charge in [-0.25, -0.2) is 5.10 Å². The Balaban J connectivity index is 2.02. The topological polar surface area (TPSA) is 58.9 Å². The normalized spacial score (nSPS) is 11.2. The molecular weight excluding hydrogens is 278 g/mol. The molecule has 3 aromatic rings. The minimum Gasteiger partial charge on any atom is -0.265 e. The third-order valence-corrected chi connectivity index (χ3v) is 3.50. The van der Waals surface area contributed by atoms with E-state index in [0.717, 1.165) is 10.4 Å². The molecule has 3 rings (SSSR count). The van der Waals surface area contributed by atoms with E-state index in [-0.39, 0.29) is 0 Å². The van der Waals surface area contributed by atoms with Crippen molar-refractivity contribution >= 4 is 29.8 Å². The van der Waals surface area contributed by atoms with Crippen molar-refractivity contribution in [3.8, 4) is 11.4 Å². The number of hydrogen-bond acceptors (Lipinski definition) is 5. The minimum atomic E-state index is 0.458. The fraction of sp³-hybridized carbons (Fsp3) is 0. The van der Waals surface area contributed by atoms with Crippen molar-refractivity contribution in [3.63, 3.8) is 0 Å². The summed E-state index contributed by atoms with van der Waals surface area (Å²) in [6.45, 7) is 0. The molecule has 94 valence electrons. The zero-order chi connectivity index (χ0) is 13.1. The highest BCUT2D eigenvalue weighted by Gasteiger charge is 2.07. The second-order valence-electron chi connectivity index (χ2n) is 3.66. The maximum Gasteiger partial charge on any atom is 0.216 e. The maximum absolute atomic E-state index is 5.19. The van der Waals surface area contributed by atoms with E-state index in [1.807, 2.05) is 29.6 Å². The van der Waals surface area contributed by atoms with Gasteiger partial charge in [0.05, 0.1) is 6.21 Å². The molecule has 1 N–H and O–H groups in total. The fourth-order valence-electron chi connectivity index (χ4n) is 1.57. The molecule has 0 spiro atoms. The molecule has 0 bridgehead atoms. The molecule has 0 unspecified atom stereocenters. The highest BCUT2D eigenvalue weighted by Crippen LogP contribution is 2.15. The van der Waals surface area contributed by atoms with E-state index in [1.54, 1.807) is 34.6 Å². The van der Waals surface area contributed by atoms with Gasteiger partial charge in [-0.2, -0.15) is 14.9 Å². The summed E-state index contributed by atoms with van der Waals surface area (Å²) in [6.07, 6.45) is 5.18. The van der Waals surface area contributed by atoms with Gasteiger partial charge in [-0.3, -0.25) is 4.98 Å². The van der Waals surface area contributed by atoms with Gasteiger partial charge < -0.3 is 0 Å². The van der Waals surface area contributed by atoms with Crippen molar-refractivity contribution in [3.05, 3.63) is 51.7 Å². The molecule has 0 aliphatic carbocycles. The summed E-state index contributed by atoms with van der Waals surface area (Å²) in [6, 6.07) is 7.69. The van der Waals surface area contributed by atoms with Crippen molar-refractivity contribution < 1.29 is 0 Å². The zero-order valence-electron chi connectivity index (χ0n) is 9.72. The third kappa shape index (κ3) is 2.51. The first-order chi connectivity index (χ1) is 9.34. The number of pyridine rings is 1. The summed E-state index contributed by atoms with van der Waals surface area (Å²) in [4.78, 5) is 5.04. The summed E-state index contributed by atoms with van der Waals surface area (Å²) in [5, 5.41) is 13.3. The molecule has 0 saturated carbocycles. The molecule has 5 nitrogen and oxygen atoms in total. The molecule has 7 heteroatoms. The highest BCUT2D eigenvalue weighted by molar-refractivity contribution is 7.71. The van der Waals surface area contributed by atoms with Crippen molar-refractivity contribution in [1.29, 1.82) is 0 Å². The van der Waals surface area contributed by atoms with E-state index < -0.39 is 0 Å². The Morgan fingerprint density at radius 2 is 2.16 bits per heavy atom. The summed E-state index contributed by atoms with van der Waals surface area (Å²) in [5.41, 5.74) is 0.908. The van der Waals surface area contributed by atoms with E-state index in [9.17, 15) is 0 Å². The van der Waals surface area contributed by atoms with E-state index in [0.29, 0.717) is 10.6 Å². The maximum atomic E-state index is 5.19. The Kier molecular flexibility index (Phi) is 3.30. The van der Waals surface area contributed by atoms with Crippen molar-refractivity contribution in [2.24, 2.45) is 5.10 Å². The number of thiophene rings is 1. The summed E-state index contributed by atoms with van der Waals surface area (Å²) in [5.74, 6) is 0.667. The molecule has 0 fully saturated rings. The molecule has 0 saturated heterocycles. The van der Waals surface area contributed by atoms with Gasteiger partial charge in [0.25, 0.3) is 0 Å². The predicted octanol–water partition coefficient (Wildman–Crippen LogP) is 2.95. The van der Waals surface area contributed by atoms with Crippen LogP contribution in [0.3, 0.4) is 0 Å². The molecule has 0 atom stereocenters. The number of H-pyrrole nitrogens is 1. The van der Waals surface area contributed by atoms with E-state index in [4.69, 9.17) is 12.2 Å². The largest absolute Gasteiger partial charge is 0.265 e. The lowest BCUT2D eigenvalue weighted by molar-refractivity contribution is 0.872. The average Bonchev–Trinajstić information content (AvgIpc) is 3.07. The Morgan fingerprint density at radius 1 is 1.32 bits per heavy atom. The van der Waals surface area contributed by atoms with Crippen LogP contribution in [0.5, 0.6) is 0 Å². The number of nitrogens with zero attached hydrogens (tertiary/aromatic N) is 4. The number of nitrogens with one attached hydrogen (secondary N) is 1. The van der Waals surface area contributed by atoms with Gasteiger partial charge in [0.15, 0.2) is 5.82 Å². The van der Waals surface area contributed by atoms with Gasteiger partial charge in [-0.05, 0) is 35.8 Å². The first-order valence-corrected chi connectivity index (χ1v) is 6.79.